The third-order valence-electron chi connectivity index (χ3n) is 9.26. The summed E-state index contributed by atoms with van der Waals surface area (Å²) in [5.41, 5.74) is 1.17. The Morgan fingerprint density at radius 2 is 0.846 bits per heavy atom. The summed E-state index contributed by atoms with van der Waals surface area (Å²) in [6, 6.07) is 38.7. The zero-order chi connectivity index (χ0) is 36.3. The quantitative estimate of drug-likeness (QED) is 0.184. The molecule has 242 valence electrons. The van der Waals surface area contributed by atoms with Gasteiger partial charge in [0.1, 0.15) is 5.56 Å². The van der Waals surface area contributed by atoms with Crippen molar-refractivity contribution in [2.24, 2.45) is 0 Å². The molecule has 0 fully saturated rings. The predicted molar refractivity (Wildman–Crippen MR) is 189 cm³/mol. The molecule has 0 aliphatic rings. The number of nitrogens with zero attached hydrogens (tertiary/aromatic N) is 7. The Labute approximate surface area is 293 Å². The van der Waals surface area contributed by atoms with E-state index in [0.29, 0.717) is 49.2 Å². The van der Waals surface area contributed by atoms with Gasteiger partial charge in [-0.3, -0.25) is 0 Å². The highest BCUT2D eigenvalue weighted by atomic mass is 19.4. The number of aromatic nitrogens is 2. The number of nitriles is 5. The van der Waals surface area contributed by atoms with E-state index in [1.807, 2.05) is 0 Å². The third-order valence-corrected chi connectivity index (χ3v) is 9.26. The smallest absolute Gasteiger partial charge is 0.308 e. The molecule has 0 bridgehead atoms. The summed E-state index contributed by atoms with van der Waals surface area (Å²) in [7, 11) is 0. The summed E-state index contributed by atoms with van der Waals surface area (Å²) in [5.74, 6) is 0. The zero-order valence-electron chi connectivity index (χ0n) is 26.7. The van der Waals surface area contributed by atoms with Crippen LogP contribution in [0.1, 0.15) is 33.4 Å². The van der Waals surface area contributed by atoms with Crippen LogP contribution in [-0.2, 0) is 6.18 Å². The first-order valence-corrected chi connectivity index (χ1v) is 15.7. The van der Waals surface area contributed by atoms with Crippen LogP contribution in [0.5, 0.6) is 0 Å². The average Bonchev–Trinajstić information content (AvgIpc) is 3.67. The normalized spacial score (nSPS) is 11.3. The Morgan fingerprint density at radius 3 is 1.25 bits per heavy atom. The number of hydrogen-bond acceptors (Lipinski definition) is 5. The van der Waals surface area contributed by atoms with Gasteiger partial charge in [-0.25, -0.2) is 0 Å². The molecule has 2 heterocycles. The second kappa shape index (κ2) is 11.6. The van der Waals surface area contributed by atoms with Crippen molar-refractivity contribution in [2.45, 2.75) is 6.18 Å². The fourth-order valence-electron chi connectivity index (χ4n) is 7.08. The lowest BCUT2D eigenvalue weighted by atomic mass is 9.96. The van der Waals surface area contributed by atoms with Gasteiger partial charge >= 0.3 is 6.18 Å². The van der Waals surface area contributed by atoms with E-state index in [0.717, 1.165) is 0 Å². The van der Waals surface area contributed by atoms with Crippen molar-refractivity contribution in [1.29, 1.82) is 26.3 Å². The van der Waals surface area contributed by atoms with Crippen molar-refractivity contribution in [3.63, 3.8) is 0 Å². The van der Waals surface area contributed by atoms with E-state index in [-0.39, 0.29) is 44.8 Å². The van der Waals surface area contributed by atoms with Crippen molar-refractivity contribution in [1.82, 2.24) is 9.13 Å². The van der Waals surface area contributed by atoms with Gasteiger partial charge in [0.2, 0.25) is 0 Å². The largest absolute Gasteiger partial charge is 0.420 e. The molecule has 8 aromatic rings. The molecule has 10 heteroatoms. The number of rotatable bonds is 3. The van der Waals surface area contributed by atoms with Crippen LogP contribution in [-0.4, -0.2) is 9.13 Å². The highest BCUT2D eigenvalue weighted by Crippen LogP contribution is 2.48. The predicted octanol–water partition coefficient (Wildman–Crippen LogP) is 9.92. The first kappa shape index (κ1) is 31.4. The maximum atomic E-state index is 16.2. The van der Waals surface area contributed by atoms with Crippen LogP contribution in [0.4, 0.5) is 13.2 Å². The topological polar surface area (TPSA) is 129 Å². The minimum absolute atomic E-state index is 0.132. The van der Waals surface area contributed by atoms with E-state index in [4.69, 9.17) is 0 Å². The molecule has 2 aromatic heterocycles. The number of hydrogen-bond donors (Lipinski definition) is 0. The number of benzene rings is 6. The molecule has 0 amide bonds. The Kier molecular flexibility index (Phi) is 7.04. The van der Waals surface area contributed by atoms with Gasteiger partial charge in [0.15, 0.2) is 0 Å². The van der Waals surface area contributed by atoms with Gasteiger partial charge in [-0.15, -0.1) is 0 Å². The Balaban J connectivity index is 1.65. The molecule has 0 N–H and O–H groups in total. The second-order valence-electron chi connectivity index (χ2n) is 12.1. The van der Waals surface area contributed by atoms with Crippen molar-refractivity contribution in [2.75, 3.05) is 0 Å². The van der Waals surface area contributed by atoms with Gasteiger partial charge in [0.25, 0.3) is 0 Å². The standard InChI is InChI=1S/C42H18F3N7/c43-42(44,45)40-35(51-36-15-25(20-47)4-8-31(36)32-9-5-26(21-48)16-37(32)51)13-12-30(29-3-1-2-24(14-29)19-46)41(40)52-38-17-27(22-49)6-10-33(38)34-11-7-28(23-50)18-39(34)52/h1-18H. The van der Waals surface area contributed by atoms with Crippen LogP contribution >= 0.6 is 0 Å². The Morgan fingerprint density at radius 1 is 0.442 bits per heavy atom. The molecule has 0 saturated carbocycles. The van der Waals surface area contributed by atoms with Gasteiger partial charge in [-0.1, -0.05) is 42.5 Å². The molecule has 0 spiro atoms. The summed E-state index contributed by atoms with van der Waals surface area (Å²) in [4.78, 5) is 0. The molecule has 0 aliphatic heterocycles. The van der Waals surface area contributed by atoms with E-state index in [2.05, 4.69) is 30.3 Å². The summed E-state index contributed by atoms with van der Waals surface area (Å²) in [6.07, 6.45) is -5.03. The van der Waals surface area contributed by atoms with Crippen molar-refractivity contribution in [3.8, 4) is 52.8 Å². The van der Waals surface area contributed by atoms with Gasteiger partial charge in [0.05, 0.1) is 91.6 Å². The lowest BCUT2D eigenvalue weighted by molar-refractivity contribution is -0.137. The SMILES string of the molecule is N#Cc1cccc(-c2ccc(-n3c4cc(C#N)ccc4c4ccc(C#N)cc43)c(C(F)(F)F)c2-n2c3cc(C#N)ccc3c3ccc(C#N)cc32)c1. The highest BCUT2D eigenvalue weighted by Gasteiger charge is 2.40. The summed E-state index contributed by atoms with van der Waals surface area (Å²) >= 11 is 0. The van der Waals surface area contributed by atoms with Gasteiger partial charge < -0.3 is 9.13 Å². The van der Waals surface area contributed by atoms with Crippen LogP contribution in [0.25, 0.3) is 66.1 Å². The highest BCUT2D eigenvalue weighted by molar-refractivity contribution is 6.12. The second-order valence-corrected chi connectivity index (χ2v) is 12.1. The first-order chi connectivity index (χ1) is 25.2. The summed E-state index contributed by atoms with van der Waals surface area (Å²) in [5, 5.41) is 51.4. The summed E-state index contributed by atoms with van der Waals surface area (Å²) in [6.45, 7) is 0. The van der Waals surface area contributed by atoms with Crippen LogP contribution in [0.2, 0.25) is 0 Å². The number of halogens is 3. The fourth-order valence-corrected chi connectivity index (χ4v) is 7.08. The molecule has 0 radical (unpaired) electrons. The van der Waals surface area contributed by atoms with Crippen molar-refractivity contribution in [3.05, 3.63) is 143 Å². The average molecular weight is 678 g/mol. The first-order valence-electron chi connectivity index (χ1n) is 15.7. The lowest BCUT2D eigenvalue weighted by Crippen LogP contribution is -2.17. The lowest BCUT2D eigenvalue weighted by Gasteiger charge is -2.24. The Hall–Kier alpha value is -7.84. The molecule has 0 unspecified atom stereocenters. The van der Waals surface area contributed by atoms with Gasteiger partial charge in [-0.05, 0) is 72.3 Å². The molecular weight excluding hydrogens is 660 g/mol. The summed E-state index contributed by atoms with van der Waals surface area (Å²) < 4.78 is 51.5. The molecular formula is C42H18F3N7. The Bertz CT molecular complexity index is 2930. The maximum absolute atomic E-state index is 16.2. The van der Waals surface area contributed by atoms with E-state index in [1.165, 1.54) is 45.5 Å². The van der Waals surface area contributed by atoms with Crippen molar-refractivity contribution < 1.29 is 13.2 Å². The molecule has 0 atom stereocenters. The molecule has 7 nitrogen and oxygen atoms in total. The van der Waals surface area contributed by atoms with Gasteiger partial charge in [0, 0.05) is 27.1 Å². The monoisotopic (exact) mass is 677 g/mol. The molecule has 8 rings (SSSR count). The minimum atomic E-state index is -5.03. The fraction of sp³-hybridized carbons (Fsp3) is 0.0238. The zero-order valence-corrected chi connectivity index (χ0v) is 26.7. The van der Waals surface area contributed by atoms with Crippen LogP contribution in [0.3, 0.4) is 0 Å². The third kappa shape index (κ3) is 4.71. The van der Waals surface area contributed by atoms with E-state index >= 15 is 13.2 Å². The molecule has 6 aromatic carbocycles. The van der Waals surface area contributed by atoms with Crippen LogP contribution in [0.15, 0.2) is 109 Å². The maximum Gasteiger partial charge on any atom is 0.420 e. The van der Waals surface area contributed by atoms with E-state index in [9.17, 15) is 26.3 Å². The molecule has 0 saturated heterocycles. The van der Waals surface area contributed by atoms with Gasteiger partial charge in [-0.2, -0.15) is 39.5 Å². The van der Waals surface area contributed by atoms with E-state index in [1.54, 1.807) is 72.8 Å². The van der Waals surface area contributed by atoms with E-state index < -0.39 is 11.7 Å². The molecule has 0 aliphatic carbocycles. The number of alkyl halides is 3. The minimum Gasteiger partial charge on any atom is -0.308 e. The van der Waals surface area contributed by atoms with Crippen LogP contribution in [0, 0.1) is 56.7 Å². The number of fused-ring (bicyclic) bond motifs is 6. The van der Waals surface area contributed by atoms with Crippen molar-refractivity contribution >= 4 is 43.6 Å². The molecule has 52 heavy (non-hydrogen) atoms. The van der Waals surface area contributed by atoms with Crippen LogP contribution < -0.4 is 0 Å².